The minimum absolute atomic E-state index is 0.174. The van der Waals surface area contributed by atoms with Crippen LogP contribution in [0.25, 0.3) is 5.69 Å². The molecule has 25 heavy (non-hydrogen) atoms. The Morgan fingerprint density at radius 1 is 0.960 bits per heavy atom. The normalized spacial score (nSPS) is 20.8. The van der Waals surface area contributed by atoms with Crippen LogP contribution in [0, 0.1) is 0 Å². The number of benzene rings is 2. The van der Waals surface area contributed by atoms with E-state index in [-0.39, 0.29) is 6.04 Å². The first-order chi connectivity index (χ1) is 12.3. The van der Waals surface area contributed by atoms with Gasteiger partial charge in [0.05, 0.1) is 5.69 Å². The van der Waals surface area contributed by atoms with Gasteiger partial charge in [0.1, 0.15) is 0 Å². The van der Waals surface area contributed by atoms with E-state index in [9.17, 15) is 0 Å². The molecule has 0 amide bonds. The Bertz CT molecular complexity index is 801. The SMILES string of the molecule is N[C@@H]1CN(CCc2nnnn2-c2ccccc2)C[C@H]1c1ccccc1. The van der Waals surface area contributed by atoms with Crippen molar-refractivity contribution in [3.05, 3.63) is 72.1 Å². The highest BCUT2D eigenvalue weighted by Gasteiger charge is 2.31. The molecule has 1 saturated heterocycles. The van der Waals surface area contributed by atoms with Crippen LogP contribution < -0.4 is 5.73 Å². The van der Waals surface area contributed by atoms with Crippen LogP contribution in [0.2, 0.25) is 0 Å². The van der Waals surface area contributed by atoms with Crippen molar-refractivity contribution in [1.29, 1.82) is 0 Å². The van der Waals surface area contributed by atoms with E-state index >= 15 is 0 Å². The van der Waals surface area contributed by atoms with Crippen LogP contribution >= 0.6 is 0 Å². The third kappa shape index (κ3) is 3.45. The molecule has 1 fully saturated rings. The minimum Gasteiger partial charge on any atom is -0.326 e. The number of likely N-dealkylation sites (tertiary alicyclic amines) is 1. The summed E-state index contributed by atoms with van der Waals surface area (Å²) in [4.78, 5) is 2.41. The number of nitrogens with two attached hydrogens (primary N) is 1. The summed E-state index contributed by atoms with van der Waals surface area (Å²) < 4.78 is 1.81. The van der Waals surface area contributed by atoms with Crippen LogP contribution in [0.3, 0.4) is 0 Å². The third-order valence-electron chi connectivity index (χ3n) is 4.85. The molecule has 0 bridgehead atoms. The summed E-state index contributed by atoms with van der Waals surface area (Å²) in [5.41, 5.74) is 8.70. The highest BCUT2D eigenvalue weighted by atomic mass is 15.5. The fraction of sp³-hybridized carbons (Fsp3) is 0.316. The molecule has 1 aliphatic heterocycles. The van der Waals surface area contributed by atoms with Gasteiger partial charge in [-0.15, -0.1) is 5.10 Å². The summed E-state index contributed by atoms with van der Waals surface area (Å²) in [5, 5.41) is 12.2. The summed E-state index contributed by atoms with van der Waals surface area (Å²) in [5.74, 6) is 1.27. The maximum absolute atomic E-state index is 6.38. The van der Waals surface area contributed by atoms with Crippen LogP contribution in [-0.2, 0) is 6.42 Å². The number of tetrazole rings is 1. The van der Waals surface area contributed by atoms with E-state index in [0.29, 0.717) is 5.92 Å². The van der Waals surface area contributed by atoms with E-state index in [0.717, 1.165) is 37.6 Å². The lowest BCUT2D eigenvalue weighted by Gasteiger charge is -2.15. The average Bonchev–Trinajstić information content (AvgIpc) is 3.28. The molecule has 4 rings (SSSR count). The first-order valence-electron chi connectivity index (χ1n) is 8.67. The fourth-order valence-corrected chi connectivity index (χ4v) is 3.54. The molecule has 1 aliphatic rings. The van der Waals surface area contributed by atoms with E-state index in [4.69, 9.17) is 5.73 Å². The Balaban J connectivity index is 1.41. The summed E-state index contributed by atoms with van der Waals surface area (Å²) in [6, 6.07) is 20.7. The van der Waals surface area contributed by atoms with Gasteiger partial charge in [-0.2, -0.15) is 4.68 Å². The Kier molecular flexibility index (Phi) is 4.54. The molecule has 128 valence electrons. The zero-order valence-electron chi connectivity index (χ0n) is 14.1. The molecule has 0 aliphatic carbocycles. The standard InChI is InChI=1S/C19H22N6/c20-18-14-24(13-17(18)15-7-3-1-4-8-15)12-11-19-21-22-23-25(19)16-9-5-2-6-10-16/h1-10,17-18H,11-14,20H2/t17-,18+/m0/s1. The van der Waals surface area contributed by atoms with Gasteiger partial charge in [-0.05, 0) is 28.1 Å². The molecular formula is C19H22N6. The van der Waals surface area contributed by atoms with Crippen LogP contribution in [-0.4, -0.2) is 50.8 Å². The van der Waals surface area contributed by atoms with E-state index in [1.807, 2.05) is 41.1 Å². The Morgan fingerprint density at radius 3 is 2.44 bits per heavy atom. The third-order valence-corrected chi connectivity index (χ3v) is 4.85. The molecule has 2 heterocycles. The largest absolute Gasteiger partial charge is 0.326 e. The van der Waals surface area contributed by atoms with Gasteiger partial charge >= 0.3 is 0 Å². The van der Waals surface area contributed by atoms with Gasteiger partial charge in [0.25, 0.3) is 0 Å². The first kappa shape index (κ1) is 15.9. The summed E-state index contributed by atoms with van der Waals surface area (Å²) in [7, 11) is 0. The predicted molar refractivity (Wildman–Crippen MR) is 96.5 cm³/mol. The van der Waals surface area contributed by atoms with Crippen molar-refractivity contribution < 1.29 is 0 Å². The van der Waals surface area contributed by atoms with Gasteiger partial charge in [0.2, 0.25) is 0 Å². The van der Waals surface area contributed by atoms with Gasteiger partial charge in [-0.3, -0.25) is 0 Å². The topological polar surface area (TPSA) is 72.9 Å². The van der Waals surface area contributed by atoms with Crippen molar-refractivity contribution in [2.45, 2.75) is 18.4 Å². The van der Waals surface area contributed by atoms with E-state index < -0.39 is 0 Å². The van der Waals surface area contributed by atoms with Gasteiger partial charge in [0.15, 0.2) is 5.82 Å². The van der Waals surface area contributed by atoms with E-state index in [2.05, 4.69) is 44.7 Å². The van der Waals surface area contributed by atoms with E-state index in [1.54, 1.807) is 0 Å². The second-order valence-corrected chi connectivity index (χ2v) is 6.53. The predicted octanol–water partition coefficient (Wildman–Crippen LogP) is 1.63. The van der Waals surface area contributed by atoms with Gasteiger partial charge < -0.3 is 10.6 Å². The number of hydrogen-bond donors (Lipinski definition) is 1. The Hall–Kier alpha value is -2.57. The van der Waals surface area contributed by atoms with Crippen molar-refractivity contribution in [2.75, 3.05) is 19.6 Å². The second kappa shape index (κ2) is 7.13. The average molecular weight is 334 g/mol. The fourth-order valence-electron chi connectivity index (χ4n) is 3.54. The van der Waals surface area contributed by atoms with Crippen LogP contribution in [0.1, 0.15) is 17.3 Å². The van der Waals surface area contributed by atoms with Crippen molar-refractivity contribution in [3.63, 3.8) is 0 Å². The lowest BCUT2D eigenvalue weighted by Crippen LogP contribution is -2.29. The van der Waals surface area contributed by atoms with Crippen molar-refractivity contribution in [1.82, 2.24) is 25.1 Å². The summed E-state index contributed by atoms with van der Waals surface area (Å²) in [6.45, 7) is 2.80. The smallest absolute Gasteiger partial charge is 0.157 e. The molecule has 1 aromatic heterocycles. The molecule has 0 spiro atoms. The number of para-hydroxylation sites is 1. The molecular weight excluding hydrogens is 312 g/mol. The summed E-state index contributed by atoms with van der Waals surface area (Å²) >= 11 is 0. The molecule has 6 nitrogen and oxygen atoms in total. The zero-order valence-corrected chi connectivity index (χ0v) is 14.1. The summed E-state index contributed by atoms with van der Waals surface area (Å²) in [6.07, 6.45) is 0.802. The molecule has 0 radical (unpaired) electrons. The van der Waals surface area contributed by atoms with Crippen molar-refractivity contribution >= 4 is 0 Å². The number of hydrogen-bond acceptors (Lipinski definition) is 5. The van der Waals surface area contributed by atoms with E-state index in [1.165, 1.54) is 5.56 Å². The lowest BCUT2D eigenvalue weighted by atomic mass is 9.95. The van der Waals surface area contributed by atoms with Crippen molar-refractivity contribution in [3.8, 4) is 5.69 Å². The number of aromatic nitrogens is 4. The number of nitrogens with zero attached hydrogens (tertiary/aromatic N) is 5. The first-order valence-corrected chi connectivity index (χ1v) is 8.67. The van der Waals surface area contributed by atoms with Crippen LogP contribution in [0.15, 0.2) is 60.7 Å². The second-order valence-electron chi connectivity index (χ2n) is 6.53. The molecule has 3 aromatic rings. The molecule has 0 unspecified atom stereocenters. The van der Waals surface area contributed by atoms with Crippen molar-refractivity contribution in [2.24, 2.45) is 5.73 Å². The Labute approximate surface area is 147 Å². The van der Waals surface area contributed by atoms with Gasteiger partial charge in [0, 0.05) is 38.0 Å². The maximum atomic E-state index is 6.38. The number of rotatable bonds is 5. The highest BCUT2D eigenvalue weighted by Crippen LogP contribution is 2.26. The molecule has 6 heteroatoms. The molecule has 0 saturated carbocycles. The van der Waals surface area contributed by atoms with Crippen LogP contribution in [0.5, 0.6) is 0 Å². The lowest BCUT2D eigenvalue weighted by molar-refractivity contribution is 0.332. The monoisotopic (exact) mass is 334 g/mol. The molecule has 2 N–H and O–H groups in total. The Morgan fingerprint density at radius 2 is 1.68 bits per heavy atom. The van der Waals surface area contributed by atoms with Crippen LogP contribution in [0.4, 0.5) is 0 Å². The molecule has 2 aromatic carbocycles. The van der Waals surface area contributed by atoms with Gasteiger partial charge in [-0.1, -0.05) is 48.5 Å². The quantitative estimate of drug-likeness (QED) is 0.768. The highest BCUT2D eigenvalue weighted by molar-refractivity contribution is 5.30. The minimum atomic E-state index is 0.174. The zero-order chi connectivity index (χ0) is 17.1. The van der Waals surface area contributed by atoms with Gasteiger partial charge in [-0.25, -0.2) is 0 Å². The maximum Gasteiger partial charge on any atom is 0.157 e. The molecule has 2 atom stereocenters.